The van der Waals surface area contributed by atoms with Gasteiger partial charge in [0.05, 0.1) is 11.9 Å². The lowest BCUT2D eigenvalue weighted by atomic mass is 10.2. The van der Waals surface area contributed by atoms with Gasteiger partial charge in [0.15, 0.2) is 11.6 Å². The zero-order valence-corrected chi connectivity index (χ0v) is 14.8. The van der Waals surface area contributed by atoms with Gasteiger partial charge in [-0.3, -0.25) is 9.10 Å². The molecule has 5 nitrogen and oxygen atoms in total. The molecule has 2 rings (SSSR count). The molecule has 25 heavy (non-hydrogen) atoms. The molecule has 134 valence electrons. The van der Waals surface area contributed by atoms with E-state index in [1.165, 1.54) is 13.0 Å². The third-order valence-corrected chi connectivity index (χ3v) is 4.81. The number of nitrogens with zero attached hydrogens (tertiary/aromatic N) is 1. The highest BCUT2D eigenvalue weighted by Gasteiger charge is 2.29. The number of carbonyl (C=O) groups is 1. The summed E-state index contributed by atoms with van der Waals surface area (Å²) in [6, 6.07) is 8.46. The van der Waals surface area contributed by atoms with Gasteiger partial charge in [-0.25, -0.2) is 17.2 Å². The molecular formula is C17H18F2N2O3S. The van der Waals surface area contributed by atoms with E-state index in [2.05, 4.69) is 5.32 Å². The minimum atomic E-state index is -3.74. The van der Waals surface area contributed by atoms with Crippen LogP contribution in [0.3, 0.4) is 0 Å². The molecule has 0 heterocycles. The van der Waals surface area contributed by atoms with Crippen molar-refractivity contribution in [3.8, 4) is 0 Å². The standard InChI is InChI=1S/C17H18F2N2O3S/c1-11-4-7-14(8-5-11)21(25(3,23)24)12(2)17(22)20-13-6-9-15(18)16(19)10-13/h4-10,12H,1-3H3,(H,20,22). The second-order valence-corrected chi connectivity index (χ2v) is 7.55. The van der Waals surface area contributed by atoms with Crippen molar-refractivity contribution in [2.75, 3.05) is 15.9 Å². The molecular weight excluding hydrogens is 350 g/mol. The minimum Gasteiger partial charge on any atom is -0.324 e. The van der Waals surface area contributed by atoms with Crippen LogP contribution in [-0.2, 0) is 14.8 Å². The highest BCUT2D eigenvalue weighted by atomic mass is 32.2. The molecule has 1 N–H and O–H groups in total. The van der Waals surface area contributed by atoms with Crippen LogP contribution in [0.25, 0.3) is 0 Å². The first-order chi connectivity index (χ1) is 11.6. The van der Waals surface area contributed by atoms with E-state index >= 15 is 0 Å². The number of carbonyl (C=O) groups excluding carboxylic acids is 1. The molecule has 2 aromatic rings. The Bertz CT molecular complexity index is 883. The maximum absolute atomic E-state index is 13.2. The van der Waals surface area contributed by atoms with Crippen molar-refractivity contribution in [1.82, 2.24) is 0 Å². The Kier molecular flexibility index (Phi) is 5.42. The zero-order chi connectivity index (χ0) is 18.8. The lowest BCUT2D eigenvalue weighted by Gasteiger charge is -2.28. The van der Waals surface area contributed by atoms with Crippen LogP contribution >= 0.6 is 0 Å². The van der Waals surface area contributed by atoms with Gasteiger partial charge in [-0.2, -0.15) is 0 Å². The summed E-state index contributed by atoms with van der Waals surface area (Å²) in [5, 5.41) is 2.39. The van der Waals surface area contributed by atoms with Gasteiger partial charge in [0.25, 0.3) is 0 Å². The van der Waals surface area contributed by atoms with Crippen molar-refractivity contribution in [3.05, 3.63) is 59.7 Å². The van der Waals surface area contributed by atoms with Crippen molar-refractivity contribution in [2.24, 2.45) is 0 Å². The van der Waals surface area contributed by atoms with Crippen LogP contribution in [0.2, 0.25) is 0 Å². The smallest absolute Gasteiger partial charge is 0.247 e. The molecule has 0 spiro atoms. The minimum absolute atomic E-state index is 0.0353. The second kappa shape index (κ2) is 7.18. The fourth-order valence-electron chi connectivity index (χ4n) is 2.32. The SMILES string of the molecule is Cc1ccc(N(C(C)C(=O)Nc2ccc(F)c(F)c2)S(C)(=O)=O)cc1. The van der Waals surface area contributed by atoms with Crippen molar-refractivity contribution < 1.29 is 22.0 Å². The molecule has 0 aliphatic heterocycles. The first-order valence-electron chi connectivity index (χ1n) is 7.41. The topological polar surface area (TPSA) is 66.5 Å². The van der Waals surface area contributed by atoms with Gasteiger partial charge in [-0.15, -0.1) is 0 Å². The Balaban J connectivity index is 2.29. The summed E-state index contributed by atoms with van der Waals surface area (Å²) >= 11 is 0. The van der Waals surface area contributed by atoms with E-state index in [4.69, 9.17) is 0 Å². The number of amides is 1. The number of aryl methyl sites for hydroxylation is 1. The predicted molar refractivity (Wildman–Crippen MR) is 93.0 cm³/mol. The number of benzene rings is 2. The van der Waals surface area contributed by atoms with E-state index in [-0.39, 0.29) is 5.69 Å². The summed E-state index contributed by atoms with van der Waals surface area (Å²) in [4.78, 5) is 12.4. The van der Waals surface area contributed by atoms with E-state index in [9.17, 15) is 22.0 Å². The largest absolute Gasteiger partial charge is 0.324 e. The number of hydrogen-bond donors (Lipinski definition) is 1. The molecule has 0 saturated heterocycles. The fraction of sp³-hybridized carbons (Fsp3) is 0.235. The molecule has 0 aliphatic rings. The molecule has 0 fully saturated rings. The van der Waals surface area contributed by atoms with Crippen molar-refractivity contribution >= 4 is 27.3 Å². The molecule has 2 aromatic carbocycles. The van der Waals surface area contributed by atoms with E-state index in [0.29, 0.717) is 5.69 Å². The molecule has 0 aliphatic carbocycles. The predicted octanol–water partition coefficient (Wildman–Crippen LogP) is 3.07. The molecule has 8 heteroatoms. The fourth-order valence-corrected chi connectivity index (χ4v) is 3.50. The quantitative estimate of drug-likeness (QED) is 0.882. The molecule has 1 amide bonds. The molecule has 0 radical (unpaired) electrons. The number of sulfonamides is 1. The Morgan fingerprint density at radius 3 is 2.20 bits per heavy atom. The number of nitrogens with one attached hydrogen (secondary N) is 1. The van der Waals surface area contributed by atoms with Gasteiger partial charge >= 0.3 is 0 Å². The van der Waals surface area contributed by atoms with Crippen LogP contribution in [0.15, 0.2) is 42.5 Å². The van der Waals surface area contributed by atoms with Gasteiger partial charge in [0, 0.05) is 11.8 Å². The van der Waals surface area contributed by atoms with Crippen LogP contribution in [0.4, 0.5) is 20.2 Å². The second-order valence-electron chi connectivity index (χ2n) is 5.69. The summed E-state index contributed by atoms with van der Waals surface area (Å²) in [6.07, 6.45) is 0.994. The molecule has 1 unspecified atom stereocenters. The van der Waals surface area contributed by atoms with Gasteiger partial charge in [-0.05, 0) is 38.1 Å². The maximum atomic E-state index is 13.2. The van der Waals surface area contributed by atoms with E-state index < -0.39 is 33.6 Å². The van der Waals surface area contributed by atoms with Crippen LogP contribution in [0.1, 0.15) is 12.5 Å². The van der Waals surface area contributed by atoms with Crippen LogP contribution in [0, 0.1) is 18.6 Å². The van der Waals surface area contributed by atoms with Gasteiger partial charge in [-0.1, -0.05) is 17.7 Å². The van der Waals surface area contributed by atoms with Crippen molar-refractivity contribution in [3.63, 3.8) is 0 Å². The number of hydrogen-bond acceptors (Lipinski definition) is 3. The third kappa shape index (κ3) is 4.54. The van der Waals surface area contributed by atoms with Crippen LogP contribution in [-0.4, -0.2) is 26.6 Å². The molecule has 0 bridgehead atoms. The summed E-state index contributed by atoms with van der Waals surface area (Å²) in [6.45, 7) is 3.27. The van der Waals surface area contributed by atoms with Crippen molar-refractivity contribution in [1.29, 1.82) is 0 Å². The molecule has 0 aromatic heterocycles. The Hall–Kier alpha value is -2.48. The van der Waals surface area contributed by atoms with Gasteiger partial charge in [0.2, 0.25) is 15.9 Å². The highest BCUT2D eigenvalue weighted by Crippen LogP contribution is 2.22. The normalized spacial score (nSPS) is 12.5. The van der Waals surface area contributed by atoms with Crippen LogP contribution in [0.5, 0.6) is 0 Å². The van der Waals surface area contributed by atoms with E-state index in [1.54, 1.807) is 24.3 Å². The molecule has 0 saturated carbocycles. The number of anilines is 2. The Labute approximate surface area is 145 Å². The summed E-state index contributed by atoms with van der Waals surface area (Å²) in [5.74, 6) is -2.82. The third-order valence-electron chi connectivity index (χ3n) is 3.56. The summed E-state index contributed by atoms with van der Waals surface area (Å²) in [7, 11) is -3.74. The van der Waals surface area contributed by atoms with Gasteiger partial charge < -0.3 is 5.32 Å². The van der Waals surface area contributed by atoms with Gasteiger partial charge in [0.1, 0.15) is 6.04 Å². The van der Waals surface area contributed by atoms with E-state index in [1.807, 2.05) is 6.92 Å². The monoisotopic (exact) mass is 368 g/mol. The van der Waals surface area contributed by atoms with E-state index in [0.717, 1.165) is 28.3 Å². The zero-order valence-electron chi connectivity index (χ0n) is 14.0. The average Bonchev–Trinajstić information content (AvgIpc) is 2.51. The Morgan fingerprint density at radius 2 is 1.68 bits per heavy atom. The maximum Gasteiger partial charge on any atom is 0.247 e. The van der Waals surface area contributed by atoms with Crippen LogP contribution < -0.4 is 9.62 Å². The first-order valence-corrected chi connectivity index (χ1v) is 9.26. The average molecular weight is 368 g/mol. The summed E-state index contributed by atoms with van der Waals surface area (Å²) < 4.78 is 51.5. The highest BCUT2D eigenvalue weighted by molar-refractivity contribution is 7.92. The molecule has 1 atom stereocenters. The van der Waals surface area contributed by atoms with Crippen molar-refractivity contribution in [2.45, 2.75) is 19.9 Å². The Morgan fingerprint density at radius 1 is 1.08 bits per heavy atom. The number of halogens is 2. The first kappa shape index (κ1) is 18.9. The lowest BCUT2D eigenvalue weighted by Crippen LogP contribution is -2.45. The lowest BCUT2D eigenvalue weighted by molar-refractivity contribution is -0.116. The number of rotatable bonds is 5. The summed E-state index contributed by atoms with van der Waals surface area (Å²) in [5.41, 5.74) is 1.31.